The lowest BCUT2D eigenvalue weighted by molar-refractivity contribution is 0.0963. The van der Waals surface area contributed by atoms with Gasteiger partial charge in [-0.3, -0.25) is 20.4 Å². The van der Waals surface area contributed by atoms with E-state index in [9.17, 15) is 14.0 Å². The Balaban J connectivity index is 1.75. The Labute approximate surface area is 160 Å². The zero-order valence-corrected chi connectivity index (χ0v) is 14.8. The topological polar surface area (TPSA) is 70.2 Å². The SMILES string of the molecule is O=C(Nc1ccccc1C(=O)NNc1ccccc1Cl)c1ccccc1F. The fraction of sp³-hybridized carbons (Fsp3) is 0. The molecule has 0 fully saturated rings. The summed E-state index contributed by atoms with van der Waals surface area (Å²) in [5.74, 6) is -1.77. The van der Waals surface area contributed by atoms with E-state index in [-0.39, 0.29) is 16.8 Å². The van der Waals surface area contributed by atoms with Crippen molar-refractivity contribution in [2.45, 2.75) is 0 Å². The summed E-state index contributed by atoms with van der Waals surface area (Å²) in [6.45, 7) is 0. The predicted molar refractivity (Wildman–Crippen MR) is 103 cm³/mol. The number of carbonyl (C=O) groups is 2. The highest BCUT2D eigenvalue weighted by Gasteiger charge is 2.16. The van der Waals surface area contributed by atoms with Gasteiger partial charge in [0, 0.05) is 0 Å². The van der Waals surface area contributed by atoms with E-state index >= 15 is 0 Å². The number of rotatable bonds is 5. The Kier molecular flexibility index (Phi) is 5.68. The smallest absolute Gasteiger partial charge is 0.271 e. The number of amides is 2. The van der Waals surface area contributed by atoms with Crippen LogP contribution in [0.15, 0.2) is 72.8 Å². The second kappa shape index (κ2) is 8.33. The molecule has 0 bridgehead atoms. The molecule has 0 heterocycles. The Morgan fingerprint density at radius 1 is 0.741 bits per heavy atom. The van der Waals surface area contributed by atoms with Crippen LogP contribution in [0.2, 0.25) is 5.02 Å². The molecule has 5 nitrogen and oxygen atoms in total. The van der Waals surface area contributed by atoms with Crippen LogP contribution in [0.25, 0.3) is 0 Å². The van der Waals surface area contributed by atoms with E-state index in [0.717, 1.165) is 0 Å². The van der Waals surface area contributed by atoms with Crippen LogP contribution in [-0.4, -0.2) is 11.8 Å². The molecule has 0 aliphatic heterocycles. The first-order chi connectivity index (χ1) is 13.1. The minimum atomic E-state index is -0.646. The van der Waals surface area contributed by atoms with Gasteiger partial charge in [-0.2, -0.15) is 0 Å². The number of nitrogens with one attached hydrogen (secondary N) is 3. The Morgan fingerprint density at radius 3 is 2.04 bits per heavy atom. The van der Waals surface area contributed by atoms with Gasteiger partial charge >= 0.3 is 0 Å². The third kappa shape index (κ3) is 4.43. The van der Waals surface area contributed by atoms with Gasteiger partial charge < -0.3 is 5.32 Å². The average molecular weight is 384 g/mol. The number of benzene rings is 3. The maximum Gasteiger partial charge on any atom is 0.271 e. The summed E-state index contributed by atoms with van der Waals surface area (Å²) in [7, 11) is 0. The first-order valence-electron chi connectivity index (χ1n) is 8.02. The van der Waals surface area contributed by atoms with Crippen molar-refractivity contribution < 1.29 is 14.0 Å². The molecule has 0 aromatic heterocycles. The van der Waals surface area contributed by atoms with Gasteiger partial charge in [-0.05, 0) is 36.4 Å². The Morgan fingerprint density at radius 2 is 1.33 bits per heavy atom. The quantitative estimate of drug-likeness (QED) is 0.568. The second-order valence-corrected chi connectivity index (χ2v) is 5.95. The van der Waals surface area contributed by atoms with Gasteiger partial charge in [-0.25, -0.2) is 4.39 Å². The lowest BCUT2D eigenvalue weighted by Crippen LogP contribution is -2.30. The molecule has 0 aliphatic rings. The molecule has 0 saturated carbocycles. The molecule has 0 radical (unpaired) electrons. The third-order valence-electron chi connectivity index (χ3n) is 3.72. The van der Waals surface area contributed by atoms with Crippen molar-refractivity contribution in [2.75, 3.05) is 10.7 Å². The number of hydrogen-bond acceptors (Lipinski definition) is 3. The normalized spacial score (nSPS) is 10.1. The molecule has 0 saturated heterocycles. The summed E-state index contributed by atoms with van der Waals surface area (Å²) < 4.78 is 13.8. The van der Waals surface area contributed by atoms with Crippen molar-refractivity contribution >= 4 is 34.8 Å². The van der Waals surface area contributed by atoms with Gasteiger partial charge in [0.15, 0.2) is 0 Å². The molecule has 27 heavy (non-hydrogen) atoms. The van der Waals surface area contributed by atoms with Crippen LogP contribution in [0, 0.1) is 5.82 Å². The highest BCUT2D eigenvalue weighted by molar-refractivity contribution is 6.33. The number of hydrogen-bond donors (Lipinski definition) is 3. The molecule has 2 amide bonds. The van der Waals surface area contributed by atoms with Crippen molar-refractivity contribution in [1.82, 2.24) is 5.43 Å². The first kappa shape index (κ1) is 18.4. The molecule has 3 aromatic carbocycles. The van der Waals surface area contributed by atoms with E-state index in [0.29, 0.717) is 10.7 Å². The number of carbonyl (C=O) groups excluding carboxylic acids is 2. The van der Waals surface area contributed by atoms with Crippen LogP contribution < -0.4 is 16.2 Å². The molecule has 136 valence electrons. The minimum absolute atomic E-state index is 0.109. The van der Waals surface area contributed by atoms with Crippen molar-refractivity contribution in [3.05, 3.63) is 94.8 Å². The maximum atomic E-state index is 13.8. The molecule has 0 aliphatic carbocycles. The van der Waals surface area contributed by atoms with Crippen molar-refractivity contribution in [3.8, 4) is 0 Å². The van der Waals surface area contributed by atoms with E-state index in [1.165, 1.54) is 18.2 Å². The van der Waals surface area contributed by atoms with Gasteiger partial charge in [-0.1, -0.05) is 48.0 Å². The van der Waals surface area contributed by atoms with E-state index in [1.54, 1.807) is 54.6 Å². The average Bonchev–Trinajstić information content (AvgIpc) is 2.68. The van der Waals surface area contributed by atoms with Crippen LogP contribution in [0.3, 0.4) is 0 Å². The zero-order valence-electron chi connectivity index (χ0n) is 14.0. The lowest BCUT2D eigenvalue weighted by Gasteiger charge is -2.13. The van der Waals surface area contributed by atoms with Gasteiger partial charge in [0.2, 0.25) is 0 Å². The van der Waals surface area contributed by atoms with Crippen molar-refractivity contribution in [3.63, 3.8) is 0 Å². The summed E-state index contributed by atoms with van der Waals surface area (Å²) in [6, 6.07) is 19.0. The molecule has 3 rings (SSSR count). The molecular formula is C20H15ClFN3O2. The molecule has 3 N–H and O–H groups in total. The molecule has 0 spiro atoms. The largest absolute Gasteiger partial charge is 0.321 e. The van der Waals surface area contributed by atoms with Gasteiger partial charge in [-0.15, -0.1) is 0 Å². The standard InChI is InChI=1S/C20H15ClFN3O2/c21-15-9-3-6-12-18(15)24-25-20(27)14-8-2-5-11-17(14)23-19(26)13-7-1-4-10-16(13)22/h1-12,24H,(H,23,26)(H,25,27). The summed E-state index contributed by atoms with van der Waals surface area (Å²) in [5, 5.41) is 3.01. The third-order valence-corrected chi connectivity index (χ3v) is 4.05. The van der Waals surface area contributed by atoms with Crippen LogP contribution >= 0.6 is 11.6 Å². The predicted octanol–water partition coefficient (Wildman–Crippen LogP) is 4.49. The number of hydrazine groups is 1. The van der Waals surface area contributed by atoms with Crippen LogP contribution in [0.4, 0.5) is 15.8 Å². The van der Waals surface area contributed by atoms with Gasteiger partial charge in [0.25, 0.3) is 11.8 Å². The van der Waals surface area contributed by atoms with Crippen LogP contribution in [0.1, 0.15) is 20.7 Å². The number of para-hydroxylation sites is 2. The fourth-order valence-corrected chi connectivity index (χ4v) is 2.56. The zero-order chi connectivity index (χ0) is 19.2. The Bertz CT molecular complexity index is 994. The first-order valence-corrected chi connectivity index (χ1v) is 8.40. The molecule has 0 unspecified atom stereocenters. The lowest BCUT2D eigenvalue weighted by atomic mass is 10.1. The van der Waals surface area contributed by atoms with Gasteiger partial charge in [0.05, 0.1) is 27.5 Å². The van der Waals surface area contributed by atoms with Crippen LogP contribution in [-0.2, 0) is 0 Å². The number of halogens is 2. The van der Waals surface area contributed by atoms with E-state index in [2.05, 4.69) is 16.2 Å². The van der Waals surface area contributed by atoms with E-state index in [4.69, 9.17) is 11.6 Å². The maximum absolute atomic E-state index is 13.8. The molecule has 3 aromatic rings. The summed E-state index contributed by atoms with van der Waals surface area (Å²) in [4.78, 5) is 24.8. The fourth-order valence-electron chi connectivity index (χ4n) is 2.38. The highest BCUT2D eigenvalue weighted by Crippen LogP contribution is 2.20. The number of anilines is 2. The summed E-state index contributed by atoms with van der Waals surface area (Å²) in [5.41, 5.74) is 6.13. The Hall–Kier alpha value is -3.38. The van der Waals surface area contributed by atoms with E-state index in [1.807, 2.05) is 0 Å². The van der Waals surface area contributed by atoms with Crippen LogP contribution in [0.5, 0.6) is 0 Å². The monoisotopic (exact) mass is 383 g/mol. The highest BCUT2D eigenvalue weighted by atomic mass is 35.5. The summed E-state index contributed by atoms with van der Waals surface area (Å²) >= 11 is 6.03. The minimum Gasteiger partial charge on any atom is -0.321 e. The van der Waals surface area contributed by atoms with E-state index < -0.39 is 17.6 Å². The van der Waals surface area contributed by atoms with Gasteiger partial charge in [0.1, 0.15) is 5.82 Å². The summed E-state index contributed by atoms with van der Waals surface area (Å²) in [6.07, 6.45) is 0. The molecular weight excluding hydrogens is 369 g/mol. The second-order valence-electron chi connectivity index (χ2n) is 5.54. The molecule has 7 heteroatoms. The van der Waals surface area contributed by atoms with Crippen molar-refractivity contribution in [1.29, 1.82) is 0 Å². The molecule has 0 atom stereocenters. The van der Waals surface area contributed by atoms with Crippen molar-refractivity contribution in [2.24, 2.45) is 0 Å².